The smallest absolute Gasteiger partial charge is 0.305 e. The summed E-state index contributed by atoms with van der Waals surface area (Å²) in [5.74, 6) is 0.366. The van der Waals surface area contributed by atoms with Gasteiger partial charge in [-0.3, -0.25) is 9.59 Å². The van der Waals surface area contributed by atoms with E-state index in [1.165, 1.54) is 0 Å². The second kappa shape index (κ2) is 17.5. The third-order valence-electron chi connectivity index (χ3n) is 6.11. The first-order chi connectivity index (χ1) is 14.3. The van der Waals surface area contributed by atoms with Crippen LogP contribution in [-0.4, -0.2) is 37.2 Å². The minimum Gasteiger partial charge on any atom is -0.465 e. The van der Waals surface area contributed by atoms with E-state index in [1.807, 2.05) is 0 Å². The first-order valence-corrected chi connectivity index (χ1v) is 12.1. The van der Waals surface area contributed by atoms with Crippen molar-refractivity contribution in [2.75, 3.05) is 19.8 Å². The predicted molar refractivity (Wildman–Crippen MR) is 123 cm³/mol. The lowest BCUT2D eigenvalue weighted by Gasteiger charge is -2.27. The second-order valence-corrected chi connectivity index (χ2v) is 8.77. The molecule has 0 saturated carbocycles. The van der Waals surface area contributed by atoms with Gasteiger partial charge in [0.15, 0.2) is 0 Å². The summed E-state index contributed by atoms with van der Waals surface area (Å²) < 4.78 is 10.9. The van der Waals surface area contributed by atoms with Crippen molar-refractivity contribution < 1.29 is 19.1 Å². The molecule has 0 aliphatic heterocycles. The van der Waals surface area contributed by atoms with Crippen LogP contribution in [-0.2, 0) is 19.1 Å². The van der Waals surface area contributed by atoms with Gasteiger partial charge in [-0.25, -0.2) is 0 Å². The molecule has 0 aromatic rings. The molecule has 0 rings (SSSR count). The van der Waals surface area contributed by atoms with Crippen LogP contribution in [0.4, 0.5) is 0 Å². The quantitative estimate of drug-likeness (QED) is 0.288. The minimum absolute atomic E-state index is 0.218. The predicted octanol–water partition coefficient (Wildman–Crippen LogP) is 4.72. The zero-order valence-corrected chi connectivity index (χ0v) is 20.0. The number of unbranched alkanes of at least 4 members (excludes halogenated alkanes) is 2. The summed E-state index contributed by atoms with van der Waals surface area (Å²) >= 11 is 0. The average molecular weight is 429 g/mol. The molecule has 6 heteroatoms. The highest BCUT2D eigenvalue weighted by Gasteiger charge is 2.26. The number of carbonyl (C=O) groups excluding carboxylic acids is 2. The van der Waals surface area contributed by atoms with Gasteiger partial charge in [0.05, 0.1) is 13.2 Å². The van der Waals surface area contributed by atoms with Crippen LogP contribution in [0.15, 0.2) is 0 Å². The highest BCUT2D eigenvalue weighted by molar-refractivity contribution is 5.70. The maximum Gasteiger partial charge on any atom is 0.305 e. The van der Waals surface area contributed by atoms with E-state index in [2.05, 4.69) is 27.7 Å². The van der Waals surface area contributed by atoms with Crippen LogP contribution in [0.3, 0.4) is 0 Å². The van der Waals surface area contributed by atoms with Gasteiger partial charge < -0.3 is 20.9 Å². The zero-order valence-electron chi connectivity index (χ0n) is 20.0. The van der Waals surface area contributed by atoms with Gasteiger partial charge >= 0.3 is 11.9 Å². The van der Waals surface area contributed by atoms with E-state index in [4.69, 9.17) is 20.9 Å². The molecule has 30 heavy (non-hydrogen) atoms. The van der Waals surface area contributed by atoms with Gasteiger partial charge in [-0.1, -0.05) is 66.2 Å². The Kier molecular flexibility index (Phi) is 16.9. The fourth-order valence-electron chi connectivity index (χ4n) is 3.39. The highest BCUT2D eigenvalue weighted by atomic mass is 16.5. The molecule has 0 bridgehead atoms. The summed E-state index contributed by atoms with van der Waals surface area (Å²) in [6.07, 6.45) is 10.1. The van der Waals surface area contributed by atoms with Crippen LogP contribution in [0.2, 0.25) is 0 Å². The normalized spacial score (nSPS) is 15.3. The Bertz CT molecular complexity index is 420. The topological polar surface area (TPSA) is 105 Å². The Morgan fingerprint density at radius 1 is 0.800 bits per heavy atom. The first kappa shape index (κ1) is 28.9. The van der Waals surface area contributed by atoms with Crippen LogP contribution < -0.4 is 11.5 Å². The maximum atomic E-state index is 12.1. The van der Waals surface area contributed by atoms with Gasteiger partial charge in [0.2, 0.25) is 0 Å². The van der Waals surface area contributed by atoms with Crippen LogP contribution in [0.25, 0.3) is 0 Å². The van der Waals surface area contributed by atoms with Gasteiger partial charge in [0.1, 0.15) is 0 Å². The summed E-state index contributed by atoms with van der Waals surface area (Å²) in [6, 6.07) is 0. The SMILES string of the molecule is CCCCC(CC)COC(=O)CCC(N)(CN)CCC(=O)OCC(CC)CCCC. The van der Waals surface area contributed by atoms with Crippen LogP contribution in [0.5, 0.6) is 0 Å². The van der Waals surface area contributed by atoms with Crippen molar-refractivity contribution in [1.82, 2.24) is 0 Å². The number of ether oxygens (including phenoxy) is 2. The molecule has 0 aromatic heterocycles. The van der Waals surface area contributed by atoms with Crippen molar-refractivity contribution >= 4 is 11.9 Å². The molecule has 0 aliphatic rings. The van der Waals surface area contributed by atoms with Gasteiger partial charge in [-0.2, -0.15) is 0 Å². The summed E-state index contributed by atoms with van der Waals surface area (Å²) in [7, 11) is 0. The Labute approximate surface area is 184 Å². The number of nitrogens with two attached hydrogens (primary N) is 2. The molecule has 2 unspecified atom stereocenters. The van der Waals surface area contributed by atoms with E-state index < -0.39 is 5.54 Å². The number of rotatable bonds is 19. The molecule has 0 amide bonds. The lowest BCUT2D eigenvalue weighted by Crippen LogP contribution is -2.47. The number of carbonyl (C=O) groups is 2. The molecule has 178 valence electrons. The molecule has 0 aromatic carbocycles. The highest BCUT2D eigenvalue weighted by Crippen LogP contribution is 2.19. The fourth-order valence-corrected chi connectivity index (χ4v) is 3.39. The van der Waals surface area contributed by atoms with E-state index >= 15 is 0 Å². The minimum atomic E-state index is -0.753. The third kappa shape index (κ3) is 14.0. The molecule has 0 spiro atoms. The van der Waals surface area contributed by atoms with Crippen molar-refractivity contribution in [1.29, 1.82) is 0 Å². The van der Waals surface area contributed by atoms with E-state index in [0.717, 1.165) is 51.4 Å². The van der Waals surface area contributed by atoms with E-state index in [-0.39, 0.29) is 31.3 Å². The first-order valence-electron chi connectivity index (χ1n) is 12.1. The van der Waals surface area contributed by atoms with Crippen molar-refractivity contribution in [2.24, 2.45) is 23.3 Å². The van der Waals surface area contributed by atoms with E-state index in [1.54, 1.807) is 0 Å². The van der Waals surface area contributed by atoms with Gasteiger partial charge in [0, 0.05) is 24.9 Å². The standard InChI is InChI=1S/C24H48N2O4/c1-5-9-11-20(7-3)17-29-22(27)13-15-24(26,19-25)16-14-23(28)30-18-21(8-4)12-10-6-2/h20-21H,5-19,25-26H2,1-4H3. The average Bonchev–Trinajstić information content (AvgIpc) is 2.76. The number of esters is 2. The Morgan fingerprint density at radius 3 is 1.50 bits per heavy atom. The van der Waals surface area contributed by atoms with Crippen molar-refractivity contribution in [2.45, 2.75) is 110 Å². The molecule has 0 saturated heterocycles. The largest absolute Gasteiger partial charge is 0.465 e. The van der Waals surface area contributed by atoms with Gasteiger partial charge in [0.25, 0.3) is 0 Å². The summed E-state index contributed by atoms with van der Waals surface area (Å²) in [6.45, 7) is 9.73. The van der Waals surface area contributed by atoms with Gasteiger partial charge in [-0.05, 0) is 37.5 Å². The lowest BCUT2D eigenvalue weighted by atomic mass is 9.89. The number of hydrogen-bond donors (Lipinski definition) is 2. The Hall–Kier alpha value is -1.14. The molecule has 0 radical (unpaired) electrons. The van der Waals surface area contributed by atoms with Crippen LogP contribution in [0, 0.1) is 11.8 Å². The molecule has 0 aliphatic carbocycles. The monoisotopic (exact) mass is 428 g/mol. The van der Waals surface area contributed by atoms with Gasteiger partial charge in [-0.15, -0.1) is 0 Å². The Balaban J connectivity index is 4.26. The third-order valence-corrected chi connectivity index (χ3v) is 6.11. The van der Waals surface area contributed by atoms with Crippen molar-refractivity contribution in [3.05, 3.63) is 0 Å². The van der Waals surface area contributed by atoms with Crippen LogP contribution in [0.1, 0.15) is 105 Å². The molecule has 2 atom stereocenters. The number of hydrogen-bond acceptors (Lipinski definition) is 6. The van der Waals surface area contributed by atoms with Crippen molar-refractivity contribution in [3.8, 4) is 0 Å². The lowest BCUT2D eigenvalue weighted by molar-refractivity contribution is -0.145. The molecule has 6 nitrogen and oxygen atoms in total. The molecule has 0 fully saturated rings. The molecule has 4 N–H and O–H groups in total. The Morgan fingerprint density at radius 2 is 1.20 bits per heavy atom. The van der Waals surface area contributed by atoms with Crippen molar-refractivity contribution in [3.63, 3.8) is 0 Å². The summed E-state index contributed by atoms with van der Waals surface area (Å²) in [5.41, 5.74) is 11.4. The van der Waals surface area contributed by atoms with Crippen LogP contribution >= 0.6 is 0 Å². The molecular formula is C24H48N2O4. The van der Waals surface area contributed by atoms with E-state index in [0.29, 0.717) is 37.9 Å². The summed E-state index contributed by atoms with van der Waals surface area (Å²) in [4.78, 5) is 24.2. The fraction of sp³-hybridized carbons (Fsp3) is 0.917. The maximum absolute atomic E-state index is 12.1. The zero-order chi connectivity index (χ0) is 22.8. The molecule has 0 heterocycles. The van der Waals surface area contributed by atoms with E-state index in [9.17, 15) is 9.59 Å². The summed E-state index contributed by atoms with van der Waals surface area (Å²) in [5, 5.41) is 0. The molecular weight excluding hydrogens is 380 g/mol. The second-order valence-electron chi connectivity index (χ2n) is 8.77.